The highest BCUT2D eigenvalue weighted by molar-refractivity contribution is 5.93. The molecule has 0 atom stereocenters. The van der Waals surface area contributed by atoms with Gasteiger partial charge in [-0.1, -0.05) is 13.8 Å². The van der Waals surface area contributed by atoms with E-state index in [1.165, 1.54) is 0 Å². The monoisotopic (exact) mass is 189 g/mol. The van der Waals surface area contributed by atoms with Crippen molar-refractivity contribution in [3.8, 4) is 6.07 Å². The lowest BCUT2D eigenvalue weighted by molar-refractivity contribution is 0.0535. The van der Waals surface area contributed by atoms with Crippen LogP contribution in [-0.4, -0.2) is 5.97 Å². The maximum atomic E-state index is 11.0. The quantitative estimate of drug-likeness (QED) is 0.588. The van der Waals surface area contributed by atoms with E-state index < -0.39 is 0 Å². The molecule has 3 nitrogen and oxygen atoms in total. The number of hydrogen-bond acceptors (Lipinski definition) is 3. The topological polar surface area (TPSA) is 50.1 Å². The molecule has 0 spiro atoms. The van der Waals surface area contributed by atoms with Crippen LogP contribution in [0, 0.1) is 11.3 Å². The van der Waals surface area contributed by atoms with Crippen molar-refractivity contribution in [2.75, 3.05) is 0 Å². The molecule has 0 N–H and O–H groups in total. The summed E-state index contributed by atoms with van der Waals surface area (Å²) >= 11 is 0. The molecular formula is C11H11NO2. The second-order valence-corrected chi connectivity index (χ2v) is 2.56. The number of rotatable bonds is 0. The van der Waals surface area contributed by atoms with Gasteiger partial charge < -0.3 is 4.74 Å². The molecule has 1 heterocycles. The van der Waals surface area contributed by atoms with Crippen molar-refractivity contribution in [1.29, 1.82) is 5.26 Å². The second-order valence-electron chi connectivity index (χ2n) is 2.56. The molecule has 0 saturated heterocycles. The third-order valence-electron chi connectivity index (χ3n) is 1.81. The molecule has 0 saturated carbocycles. The molecule has 0 bridgehead atoms. The van der Waals surface area contributed by atoms with Gasteiger partial charge in [-0.2, -0.15) is 5.26 Å². The Labute approximate surface area is 82.9 Å². The van der Waals surface area contributed by atoms with Crippen LogP contribution in [-0.2, 0) is 11.3 Å². The highest BCUT2D eigenvalue weighted by Gasteiger charge is 2.20. The smallest absolute Gasteiger partial charge is 0.338 e. The van der Waals surface area contributed by atoms with Gasteiger partial charge in [0.25, 0.3) is 0 Å². The number of carbonyl (C=O) groups is 1. The summed E-state index contributed by atoms with van der Waals surface area (Å²) in [6, 6.07) is 6.93. The largest absolute Gasteiger partial charge is 0.457 e. The number of carbonyl (C=O) groups excluding carboxylic acids is 1. The third-order valence-corrected chi connectivity index (χ3v) is 1.81. The standard InChI is InChI=1S/C9H5NO2.C2H6/c10-4-6-1-2-8-7(3-6)5-12-9(8)11;1-2/h1-3H,5H2;1-2H3. The van der Waals surface area contributed by atoms with Gasteiger partial charge in [0.05, 0.1) is 17.2 Å². The van der Waals surface area contributed by atoms with Crippen molar-refractivity contribution in [2.24, 2.45) is 0 Å². The first-order valence-electron chi connectivity index (χ1n) is 4.51. The lowest BCUT2D eigenvalue weighted by Gasteiger charge is -1.92. The third kappa shape index (κ3) is 1.74. The Kier molecular flexibility index (Phi) is 3.24. The van der Waals surface area contributed by atoms with Crippen LogP contribution in [0.5, 0.6) is 0 Å². The molecule has 14 heavy (non-hydrogen) atoms. The van der Waals surface area contributed by atoms with Crippen LogP contribution in [0.15, 0.2) is 18.2 Å². The van der Waals surface area contributed by atoms with Crippen LogP contribution < -0.4 is 0 Å². The van der Waals surface area contributed by atoms with Crippen molar-refractivity contribution in [2.45, 2.75) is 20.5 Å². The van der Waals surface area contributed by atoms with E-state index in [1.807, 2.05) is 19.9 Å². The summed E-state index contributed by atoms with van der Waals surface area (Å²) in [5.74, 6) is -0.297. The Morgan fingerprint density at radius 2 is 2.14 bits per heavy atom. The fourth-order valence-corrected chi connectivity index (χ4v) is 1.20. The van der Waals surface area contributed by atoms with Crippen molar-refractivity contribution in [3.05, 3.63) is 34.9 Å². The van der Waals surface area contributed by atoms with E-state index in [1.54, 1.807) is 18.2 Å². The van der Waals surface area contributed by atoms with Crippen LogP contribution in [0.2, 0.25) is 0 Å². The molecule has 0 aliphatic carbocycles. The second kappa shape index (κ2) is 4.43. The number of nitrogens with zero attached hydrogens (tertiary/aromatic N) is 1. The molecule has 1 aliphatic rings. The Balaban J connectivity index is 0.000000461. The Bertz CT molecular complexity index is 391. The average Bonchev–Trinajstić information content (AvgIpc) is 2.63. The van der Waals surface area contributed by atoms with Gasteiger partial charge in [0.1, 0.15) is 6.61 Å². The number of nitriles is 1. The number of benzene rings is 1. The molecule has 1 aromatic carbocycles. The van der Waals surface area contributed by atoms with Crippen LogP contribution >= 0.6 is 0 Å². The summed E-state index contributed by atoms with van der Waals surface area (Å²) in [5, 5.41) is 8.56. The van der Waals surface area contributed by atoms with Gasteiger partial charge in [0.2, 0.25) is 0 Å². The van der Waals surface area contributed by atoms with Crippen molar-refractivity contribution < 1.29 is 9.53 Å². The molecule has 2 rings (SSSR count). The molecule has 0 fully saturated rings. The van der Waals surface area contributed by atoms with E-state index in [0.717, 1.165) is 5.56 Å². The lowest BCUT2D eigenvalue weighted by Crippen LogP contribution is -1.92. The molecule has 3 heteroatoms. The van der Waals surface area contributed by atoms with Gasteiger partial charge in [0.15, 0.2) is 0 Å². The summed E-state index contributed by atoms with van der Waals surface area (Å²) in [6.45, 7) is 4.30. The summed E-state index contributed by atoms with van der Waals surface area (Å²) in [7, 11) is 0. The molecular weight excluding hydrogens is 178 g/mol. The van der Waals surface area contributed by atoms with E-state index >= 15 is 0 Å². The first kappa shape index (κ1) is 10.3. The zero-order valence-corrected chi connectivity index (χ0v) is 8.20. The van der Waals surface area contributed by atoms with E-state index in [9.17, 15) is 4.79 Å². The Hall–Kier alpha value is -1.82. The summed E-state index contributed by atoms with van der Waals surface area (Å²) in [6.07, 6.45) is 0. The maximum Gasteiger partial charge on any atom is 0.338 e. The molecule has 0 radical (unpaired) electrons. The van der Waals surface area contributed by atoms with Gasteiger partial charge >= 0.3 is 5.97 Å². The van der Waals surface area contributed by atoms with E-state index in [2.05, 4.69) is 0 Å². The van der Waals surface area contributed by atoms with E-state index in [0.29, 0.717) is 17.7 Å². The zero-order chi connectivity index (χ0) is 10.6. The average molecular weight is 189 g/mol. The summed E-state index contributed by atoms with van der Waals surface area (Å²) < 4.78 is 4.77. The minimum absolute atomic E-state index is 0.295. The van der Waals surface area contributed by atoms with Gasteiger partial charge in [-0.3, -0.25) is 0 Å². The van der Waals surface area contributed by atoms with Crippen LogP contribution in [0.4, 0.5) is 0 Å². The fourth-order valence-electron chi connectivity index (χ4n) is 1.20. The Morgan fingerprint density at radius 1 is 1.43 bits per heavy atom. The number of hydrogen-bond donors (Lipinski definition) is 0. The maximum absolute atomic E-state index is 11.0. The highest BCUT2D eigenvalue weighted by Crippen LogP contribution is 2.20. The van der Waals surface area contributed by atoms with Gasteiger partial charge in [-0.05, 0) is 18.2 Å². The number of esters is 1. The molecule has 1 aromatic rings. The predicted molar refractivity (Wildman–Crippen MR) is 51.6 cm³/mol. The minimum atomic E-state index is -0.297. The SMILES string of the molecule is CC.N#Cc1ccc2c(c1)COC2=O. The number of fused-ring (bicyclic) bond motifs is 1. The lowest BCUT2D eigenvalue weighted by atomic mass is 10.1. The fraction of sp³-hybridized carbons (Fsp3) is 0.273. The van der Waals surface area contributed by atoms with Crippen LogP contribution in [0.3, 0.4) is 0 Å². The van der Waals surface area contributed by atoms with E-state index in [-0.39, 0.29) is 5.97 Å². The highest BCUT2D eigenvalue weighted by atomic mass is 16.5. The van der Waals surface area contributed by atoms with Gasteiger partial charge in [-0.15, -0.1) is 0 Å². The first-order chi connectivity index (χ1) is 6.81. The first-order valence-corrected chi connectivity index (χ1v) is 4.51. The zero-order valence-electron chi connectivity index (χ0n) is 8.20. The van der Waals surface area contributed by atoms with Crippen molar-refractivity contribution in [3.63, 3.8) is 0 Å². The number of ether oxygens (including phenoxy) is 1. The predicted octanol–water partition coefficient (Wildman–Crippen LogP) is 2.25. The van der Waals surface area contributed by atoms with Crippen molar-refractivity contribution in [1.82, 2.24) is 0 Å². The molecule has 0 aromatic heterocycles. The minimum Gasteiger partial charge on any atom is -0.457 e. The van der Waals surface area contributed by atoms with Crippen molar-refractivity contribution >= 4 is 5.97 Å². The molecule has 0 amide bonds. The van der Waals surface area contributed by atoms with Gasteiger partial charge in [-0.25, -0.2) is 4.79 Å². The van der Waals surface area contributed by atoms with Gasteiger partial charge in [0, 0.05) is 5.56 Å². The molecule has 0 unspecified atom stereocenters. The van der Waals surface area contributed by atoms with Crippen LogP contribution in [0.1, 0.15) is 35.3 Å². The number of cyclic esters (lactones) is 1. The van der Waals surface area contributed by atoms with E-state index in [4.69, 9.17) is 10.00 Å². The summed E-state index contributed by atoms with van der Waals surface area (Å²) in [4.78, 5) is 11.0. The van der Waals surface area contributed by atoms with Crippen LogP contribution in [0.25, 0.3) is 0 Å². The molecule has 72 valence electrons. The molecule has 1 aliphatic heterocycles. The normalized spacial score (nSPS) is 11.9. The summed E-state index contributed by atoms with van der Waals surface area (Å²) in [5.41, 5.74) is 1.94. The Morgan fingerprint density at radius 3 is 2.79 bits per heavy atom.